The largest absolute Gasteiger partial charge is 0.389 e. The summed E-state index contributed by atoms with van der Waals surface area (Å²) in [5.74, 6) is 0. The average molecular weight is 317 g/mol. The number of imidazole rings is 1. The highest BCUT2D eigenvalue weighted by Gasteiger charge is 2.08. The van der Waals surface area contributed by atoms with E-state index in [4.69, 9.17) is 16.3 Å². The lowest BCUT2D eigenvalue weighted by Gasteiger charge is -2.13. The molecular formula is C17H17ClN2O2. The van der Waals surface area contributed by atoms with Gasteiger partial charge in [0.1, 0.15) is 0 Å². The van der Waals surface area contributed by atoms with Crippen LogP contribution in [0.3, 0.4) is 0 Å². The topological polar surface area (TPSA) is 47.3 Å². The van der Waals surface area contributed by atoms with Crippen molar-refractivity contribution in [1.82, 2.24) is 9.55 Å². The summed E-state index contributed by atoms with van der Waals surface area (Å²) < 4.78 is 7.49. The molecule has 3 rings (SSSR count). The lowest BCUT2D eigenvalue weighted by molar-refractivity contribution is 0.0209. The molecule has 114 valence electrons. The second-order valence-electron chi connectivity index (χ2n) is 5.18. The molecule has 0 spiro atoms. The molecular weight excluding hydrogens is 300 g/mol. The van der Waals surface area contributed by atoms with Crippen LogP contribution in [0.25, 0.3) is 11.0 Å². The Hall–Kier alpha value is -1.88. The van der Waals surface area contributed by atoms with Gasteiger partial charge >= 0.3 is 0 Å². The maximum atomic E-state index is 10.1. The highest BCUT2D eigenvalue weighted by atomic mass is 35.5. The van der Waals surface area contributed by atoms with Gasteiger partial charge in [-0.05, 0) is 29.8 Å². The molecule has 4 nitrogen and oxygen atoms in total. The maximum absolute atomic E-state index is 10.1. The van der Waals surface area contributed by atoms with Crippen molar-refractivity contribution in [1.29, 1.82) is 0 Å². The van der Waals surface area contributed by atoms with Crippen LogP contribution in [0.5, 0.6) is 0 Å². The van der Waals surface area contributed by atoms with Crippen molar-refractivity contribution in [2.45, 2.75) is 19.3 Å². The van der Waals surface area contributed by atoms with Crippen molar-refractivity contribution in [3.63, 3.8) is 0 Å². The predicted octanol–water partition coefficient (Wildman–Crippen LogP) is 3.27. The summed E-state index contributed by atoms with van der Waals surface area (Å²) in [6, 6.07) is 15.3. The number of rotatable bonds is 6. The van der Waals surface area contributed by atoms with Crippen LogP contribution in [0.15, 0.2) is 54.9 Å². The Kier molecular flexibility index (Phi) is 4.73. The van der Waals surface area contributed by atoms with E-state index in [1.165, 1.54) is 0 Å². The molecule has 0 aliphatic rings. The predicted molar refractivity (Wildman–Crippen MR) is 86.8 cm³/mol. The number of halogens is 1. The Morgan fingerprint density at radius 3 is 2.73 bits per heavy atom. The zero-order chi connectivity index (χ0) is 15.4. The van der Waals surface area contributed by atoms with Crippen molar-refractivity contribution < 1.29 is 9.84 Å². The van der Waals surface area contributed by atoms with Gasteiger partial charge in [0.2, 0.25) is 0 Å². The van der Waals surface area contributed by atoms with Crippen molar-refractivity contribution in [3.05, 3.63) is 65.4 Å². The van der Waals surface area contributed by atoms with Crippen LogP contribution in [0.4, 0.5) is 0 Å². The average Bonchev–Trinajstić information content (AvgIpc) is 2.93. The normalized spacial score (nSPS) is 12.6. The molecule has 0 aliphatic carbocycles. The molecule has 1 atom stereocenters. The zero-order valence-corrected chi connectivity index (χ0v) is 12.8. The molecule has 2 aromatic carbocycles. The third kappa shape index (κ3) is 3.65. The molecule has 22 heavy (non-hydrogen) atoms. The molecule has 0 radical (unpaired) electrons. The minimum atomic E-state index is -0.579. The fraction of sp³-hybridized carbons (Fsp3) is 0.235. The Balaban J connectivity index is 1.52. The van der Waals surface area contributed by atoms with E-state index in [-0.39, 0.29) is 6.61 Å². The number of hydrogen-bond acceptors (Lipinski definition) is 3. The molecule has 0 fully saturated rings. The zero-order valence-electron chi connectivity index (χ0n) is 12.0. The number of aliphatic hydroxyl groups excluding tert-OH is 1. The van der Waals surface area contributed by atoms with Gasteiger partial charge in [0.15, 0.2) is 0 Å². The number of hydrogen-bond donors (Lipinski definition) is 1. The second-order valence-corrected chi connectivity index (χ2v) is 5.62. The number of aliphatic hydroxyl groups is 1. The van der Waals surface area contributed by atoms with Crippen LogP contribution >= 0.6 is 11.6 Å². The lowest BCUT2D eigenvalue weighted by atomic mass is 10.2. The molecule has 0 amide bonds. The second kappa shape index (κ2) is 6.92. The van der Waals surface area contributed by atoms with Gasteiger partial charge in [-0.1, -0.05) is 35.9 Å². The summed E-state index contributed by atoms with van der Waals surface area (Å²) in [7, 11) is 0. The van der Waals surface area contributed by atoms with E-state index in [1.807, 2.05) is 53.1 Å². The van der Waals surface area contributed by atoms with Gasteiger partial charge in [-0.3, -0.25) is 0 Å². The van der Waals surface area contributed by atoms with Crippen LogP contribution in [0.1, 0.15) is 5.56 Å². The molecule has 0 bridgehead atoms. The summed E-state index contributed by atoms with van der Waals surface area (Å²) in [6.45, 7) is 1.19. The number of benzene rings is 2. The van der Waals surface area contributed by atoms with Crippen molar-refractivity contribution in [2.75, 3.05) is 6.61 Å². The first-order valence-electron chi connectivity index (χ1n) is 7.12. The quantitative estimate of drug-likeness (QED) is 0.759. The number of fused-ring (bicyclic) bond motifs is 1. The third-order valence-corrected chi connectivity index (χ3v) is 3.68. The van der Waals surface area contributed by atoms with Gasteiger partial charge in [0.25, 0.3) is 0 Å². The van der Waals surface area contributed by atoms with E-state index in [1.54, 1.807) is 6.33 Å². The van der Waals surface area contributed by atoms with Gasteiger partial charge in [-0.25, -0.2) is 4.98 Å². The van der Waals surface area contributed by atoms with E-state index < -0.39 is 6.10 Å². The Labute approximate surface area is 133 Å². The minimum absolute atomic E-state index is 0.273. The van der Waals surface area contributed by atoms with Gasteiger partial charge in [-0.15, -0.1) is 0 Å². The Bertz CT molecular complexity index is 740. The highest BCUT2D eigenvalue weighted by molar-refractivity contribution is 6.30. The van der Waals surface area contributed by atoms with E-state index in [9.17, 15) is 5.11 Å². The molecule has 1 aromatic heterocycles. The molecule has 0 saturated carbocycles. The van der Waals surface area contributed by atoms with Crippen LogP contribution in [-0.4, -0.2) is 27.4 Å². The Morgan fingerprint density at radius 1 is 1.14 bits per heavy atom. The third-order valence-electron chi connectivity index (χ3n) is 3.43. The molecule has 0 saturated heterocycles. The first-order valence-corrected chi connectivity index (χ1v) is 7.50. The number of nitrogens with zero attached hydrogens (tertiary/aromatic N) is 2. The highest BCUT2D eigenvalue weighted by Crippen LogP contribution is 2.13. The van der Waals surface area contributed by atoms with Crippen LogP contribution < -0.4 is 0 Å². The van der Waals surface area contributed by atoms with Crippen LogP contribution in [0, 0.1) is 0 Å². The number of ether oxygens (including phenoxy) is 1. The number of para-hydroxylation sites is 2. The molecule has 3 aromatic rings. The Morgan fingerprint density at radius 2 is 1.91 bits per heavy atom. The molecule has 0 unspecified atom stereocenters. The summed E-state index contributed by atoms with van der Waals surface area (Å²) in [4.78, 5) is 4.31. The van der Waals surface area contributed by atoms with E-state index >= 15 is 0 Å². The van der Waals surface area contributed by atoms with Crippen molar-refractivity contribution in [2.24, 2.45) is 0 Å². The van der Waals surface area contributed by atoms with Gasteiger partial charge < -0.3 is 14.4 Å². The van der Waals surface area contributed by atoms with Gasteiger partial charge in [-0.2, -0.15) is 0 Å². The molecule has 1 heterocycles. The van der Waals surface area contributed by atoms with Crippen LogP contribution in [0.2, 0.25) is 5.02 Å². The maximum Gasteiger partial charge on any atom is 0.0959 e. The van der Waals surface area contributed by atoms with E-state index in [0.29, 0.717) is 18.2 Å². The summed E-state index contributed by atoms with van der Waals surface area (Å²) >= 11 is 5.83. The monoisotopic (exact) mass is 316 g/mol. The standard InChI is InChI=1S/C17H17ClN2O2/c18-14-7-5-13(6-8-14)10-22-11-15(21)9-20-12-19-16-3-1-2-4-17(16)20/h1-8,12,15,21H,9-11H2/t15-/m1/s1. The lowest BCUT2D eigenvalue weighted by Crippen LogP contribution is -2.21. The van der Waals surface area contributed by atoms with E-state index in [0.717, 1.165) is 16.6 Å². The fourth-order valence-corrected chi connectivity index (χ4v) is 2.45. The van der Waals surface area contributed by atoms with E-state index in [2.05, 4.69) is 4.98 Å². The molecule has 5 heteroatoms. The molecule has 0 aliphatic heterocycles. The van der Waals surface area contributed by atoms with Gasteiger partial charge in [0, 0.05) is 5.02 Å². The minimum Gasteiger partial charge on any atom is -0.389 e. The first-order chi connectivity index (χ1) is 10.7. The number of aromatic nitrogens is 2. The smallest absolute Gasteiger partial charge is 0.0959 e. The summed E-state index contributed by atoms with van der Waals surface area (Å²) in [5.41, 5.74) is 2.97. The summed E-state index contributed by atoms with van der Waals surface area (Å²) in [6.07, 6.45) is 1.16. The van der Waals surface area contributed by atoms with Gasteiger partial charge in [0.05, 0.1) is 43.2 Å². The SMILES string of the molecule is O[C@@H](COCc1ccc(Cl)cc1)Cn1cnc2ccccc21. The molecule has 1 N–H and O–H groups in total. The first kappa shape index (κ1) is 15.0. The van der Waals surface area contributed by atoms with Crippen LogP contribution in [-0.2, 0) is 17.9 Å². The fourth-order valence-electron chi connectivity index (χ4n) is 2.33. The van der Waals surface area contributed by atoms with Crippen molar-refractivity contribution in [3.8, 4) is 0 Å². The van der Waals surface area contributed by atoms with Crippen molar-refractivity contribution >= 4 is 22.6 Å². The summed E-state index contributed by atoms with van der Waals surface area (Å²) in [5, 5.41) is 10.8.